The third kappa shape index (κ3) is 5.92. The summed E-state index contributed by atoms with van der Waals surface area (Å²) in [5.74, 6) is -0.455. The first kappa shape index (κ1) is 17.0. The largest absolute Gasteiger partial charge is 0.465 e. The molecule has 0 bridgehead atoms. The van der Waals surface area contributed by atoms with Gasteiger partial charge in [0.25, 0.3) is 0 Å². The topological polar surface area (TPSA) is 35.5 Å². The maximum atomic E-state index is 11.9. The average molecular weight is 355 g/mol. The van der Waals surface area contributed by atoms with Gasteiger partial charge in [-0.15, -0.1) is 0 Å². The van der Waals surface area contributed by atoms with Gasteiger partial charge in [0.15, 0.2) is 0 Å². The van der Waals surface area contributed by atoms with E-state index in [1.54, 1.807) is 18.2 Å². The molecule has 0 aliphatic heterocycles. The number of rotatable bonds is 6. The van der Waals surface area contributed by atoms with E-state index < -0.39 is 18.6 Å². The van der Waals surface area contributed by atoms with Crippen molar-refractivity contribution in [2.75, 3.05) is 13.7 Å². The second kappa shape index (κ2) is 7.64. The van der Waals surface area contributed by atoms with E-state index in [2.05, 4.69) is 20.7 Å². The Morgan fingerprint density at radius 2 is 2.05 bits per heavy atom. The maximum Gasteiger partial charge on any atom is 0.389 e. The van der Waals surface area contributed by atoms with Gasteiger partial charge >= 0.3 is 12.1 Å². The van der Waals surface area contributed by atoms with Crippen LogP contribution in [0.1, 0.15) is 28.8 Å². The highest BCUT2D eigenvalue weighted by Crippen LogP contribution is 2.22. The van der Waals surface area contributed by atoms with Gasteiger partial charge in [-0.05, 0) is 24.1 Å². The van der Waals surface area contributed by atoms with Crippen molar-refractivity contribution in [2.24, 2.45) is 0 Å². The highest BCUT2D eigenvalue weighted by Gasteiger charge is 2.25. The summed E-state index contributed by atoms with van der Waals surface area (Å²) in [5, 5.41) is 0. The van der Waals surface area contributed by atoms with Gasteiger partial charge in [-0.1, -0.05) is 22.0 Å². The highest BCUT2D eigenvalue weighted by atomic mass is 79.9. The highest BCUT2D eigenvalue weighted by molar-refractivity contribution is 9.10. The van der Waals surface area contributed by atoms with E-state index in [1.807, 2.05) is 0 Å². The van der Waals surface area contributed by atoms with Gasteiger partial charge in [0, 0.05) is 17.5 Å². The third-order valence-corrected chi connectivity index (χ3v) is 3.22. The molecule has 0 radical (unpaired) electrons. The van der Waals surface area contributed by atoms with Crippen molar-refractivity contribution >= 4 is 21.9 Å². The Morgan fingerprint density at radius 1 is 1.35 bits per heavy atom. The van der Waals surface area contributed by atoms with Crippen molar-refractivity contribution in [3.05, 3.63) is 33.8 Å². The standard InChI is InChI=1S/C13H14BrF3O3/c1-19-12(18)9-3-4-10(11(14)7-9)8-20-6-2-5-13(15,16)17/h3-4,7H,2,5-6,8H2,1H3. The Morgan fingerprint density at radius 3 is 2.60 bits per heavy atom. The number of ether oxygens (including phenoxy) is 2. The van der Waals surface area contributed by atoms with Gasteiger partial charge in [-0.25, -0.2) is 4.79 Å². The van der Waals surface area contributed by atoms with Crippen LogP contribution in [0.3, 0.4) is 0 Å². The molecule has 112 valence electrons. The Balaban J connectivity index is 2.43. The van der Waals surface area contributed by atoms with Crippen molar-refractivity contribution in [1.29, 1.82) is 0 Å². The molecule has 1 aromatic carbocycles. The van der Waals surface area contributed by atoms with Crippen LogP contribution < -0.4 is 0 Å². The van der Waals surface area contributed by atoms with Crippen LogP contribution in [0.5, 0.6) is 0 Å². The van der Waals surface area contributed by atoms with E-state index in [0.29, 0.717) is 10.0 Å². The molecule has 3 nitrogen and oxygen atoms in total. The van der Waals surface area contributed by atoms with Crippen molar-refractivity contribution in [3.63, 3.8) is 0 Å². The summed E-state index contributed by atoms with van der Waals surface area (Å²) >= 11 is 3.28. The number of carbonyl (C=O) groups is 1. The van der Waals surface area contributed by atoms with Crippen LogP contribution in [0.2, 0.25) is 0 Å². The molecule has 1 rings (SSSR count). The van der Waals surface area contributed by atoms with Crippen molar-refractivity contribution in [1.82, 2.24) is 0 Å². The molecule has 0 aliphatic carbocycles. The molecule has 0 unspecified atom stereocenters. The molecule has 0 saturated carbocycles. The predicted octanol–water partition coefficient (Wildman–Crippen LogP) is 4.09. The van der Waals surface area contributed by atoms with Crippen molar-refractivity contribution in [2.45, 2.75) is 25.6 Å². The number of halogens is 4. The van der Waals surface area contributed by atoms with E-state index in [9.17, 15) is 18.0 Å². The zero-order valence-corrected chi connectivity index (χ0v) is 12.4. The normalized spacial score (nSPS) is 11.4. The molecule has 20 heavy (non-hydrogen) atoms. The fraction of sp³-hybridized carbons (Fsp3) is 0.462. The van der Waals surface area contributed by atoms with Crippen LogP contribution in [0, 0.1) is 0 Å². The van der Waals surface area contributed by atoms with E-state index in [1.165, 1.54) is 7.11 Å². The number of methoxy groups -OCH3 is 1. The Hall–Kier alpha value is -1.08. The quantitative estimate of drug-likeness (QED) is 0.570. The van der Waals surface area contributed by atoms with E-state index in [-0.39, 0.29) is 19.6 Å². The molecule has 0 fully saturated rings. The smallest absolute Gasteiger partial charge is 0.389 e. The monoisotopic (exact) mass is 354 g/mol. The van der Waals surface area contributed by atoms with Gasteiger partial charge in [0.2, 0.25) is 0 Å². The number of carbonyl (C=O) groups excluding carboxylic acids is 1. The van der Waals surface area contributed by atoms with E-state index in [4.69, 9.17) is 4.74 Å². The Labute approximate surface area is 123 Å². The van der Waals surface area contributed by atoms with Crippen LogP contribution in [0.4, 0.5) is 13.2 Å². The summed E-state index contributed by atoms with van der Waals surface area (Å²) in [7, 11) is 1.29. The van der Waals surface area contributed by atoms with Gasteiger partial charge < -0.3 is 9.47 Å². The van der Waals surface area contributed by atoms with Gasteiger partial charge in [0.1, 0.15) is 0 Å². The third-order valence-electron chi connectivity index (χ3n) is 2.48. The van der Waals surface area contributed by atoms with Gasteiger partial charge in [-0.3, -0.25) is 0 Å². The first-order valence-electron chi connectivity index (χ1n) is 5.84. The lowest BCUT2D eigenvalue weighted by molar-refractivity contribution is -0.138. The average Bonchev–Trinajstić information content (AvgIpc) is 2.37. The first-order valence-corrected chi connectivity index (χ1v) is 6.64. The summed E-state index contributed by atoms with van der Waals surface area (Å²) in [6.07, 6.45) is -5.07. The Kier molecular flexibility index (Phi) is 6.48. The van der Waals surface area contributed by atoms with E-state index in [0.717, 1.165) is 5.56 Å². The van der Waals surface area contributed by atoms with Gasteiger partial charge in [-0.2, -0.15) is 13.2 Å². The fourth-order valence-electron chi connectivity index (χ4n) is 1.47. The molecule has 0 atom stereocenters. The van der Waals surface area contributed by atoms with Gasteiger partial charge in [0.05, 0.1) is 19.3 Å². The molecule has 0 spiro atoms. The SMILES string of the molecule is COC(=O)c1ccc(COCCCC(F)(F)F)c(Br)c1. The molecule has 7 heteroatoms. The lowest BCUT2D eigenvalue weighted by Gasteiger charge is -2.09. The van der Waals surface area contributed by atoms with Crippen LogP contribution >= 0.6 is 15.9 Å². The summed E-state index contributed by atoms with van der Waals surface area (Å²) in [6, 6.07) is 4.82. The molecule has 1 aromatic rings. The second-order valence-electron chi connectivity index (χ2n) is 4.07. The van der Waals surface area contributed by atoms with Crippen LogP contribution in [0.25, 0.3) is 0 Å². The summed E-state index contributed by atoms with van der Waals surface area (Å²) in [5.41, 5.74) is 1.14. The second-order valence-corrected chi connectivity index (χ2v) is 4.92. The molecule has 0 aliphatic rings. The Bertz CT molecular complexity index is 461. The number of benzene rings is 1. The minimum absolute atomic E-state index is 0.0324. The zero-order chi connectivity index (χ0) is 15.2. The molecular weight excluding hydrogens is 341 g/mol. The molecule has 0 amide bonds. The number of alkyl halides is 3. The maximum absolute atomic E-state index is 11.9. The van der Waals surface area contributed by atoms with Crippen LogP contribution in [-0.2, 0) is 16.1 Å². The van der Waals surface area contributed by atoms with E-state index >= 15 is 0 Å². The number of hydrogen-bond donors (Lipinski definition) is 0. The van der Waals surface area contributed by atoms with Crippen LogP contribution in [-0.4, -0.2) is 25.9 Å². The zero-order valence-electron chi connectivity index (χ0n) is 10.8. The molecule has 0 N–H and O–H groups in total. The van der Waals surface area contributed by atoms with Crippen molar-refractivity contribution in [3.8, 4) is 0 Å². The minimum atomic E-state index is -4.15. The minimum Gasteiger partial charge on any atom is -0.465 e. The van der Waals surface area contributed by atoms with Crippen molar-refractivity contribution < 1.29 is 27.4 Å². The lowest BCUT2D eigenvalue weighted by atomic mass is 10.1. The summed E-state index contributed by atoms with van der Waals surface area (Å²) < 4.78 is 46.2. The summed E-state index contributed by atoms with van der Waals surface area (Å²) in [6.45, 7) is 0.213. The fourth-order valence-corrected chi connectivity index (χ4v) is 1.96. The number of esters is 1. The molecule has 0 saturated heterocycles. The predicted molar refractivity (Wildman–Crippen MR) is 70.4 cm³/mol. The van der Waals surface area contributed by atoms with Crippen LogP contribution in [0.15, 0.2) is 22.7 Å². The number of hydrogen-bond acceptors (Lipinski definition) is 3. The molecule has 0 heterocycles. The first-order chi connectivity index (χ1) is 9.33. The molecular formula is C13H14BrF3O3. The molecule has 0 aromatic heterocycles. The summed E-state index contributed by atoms with van der Waals surface area (Å²) in [4.78, 5) is 11.3. The lowest BCUT2D eigenvalue weighted by Crippen LogP contribution is -2.09.